The van der Waals surface area contributed by atoms with Crippen molar-refractivity contribution in [2.24, 2.45) is 0 Å². The van der Waals surface area contributed by atoms with E-state index in [1.807, 2.05) is 49.4 Å². The first kappa shape index (κ1) is 15.7. The van der Waals surface area contributed by atoms with Crippen molar-refractivity contribution in [3.63, 3.8) is 0 Å². The summed E-state index contributed by atoms with van der Waals surface area (Å²) < 4.78 is 0. The molecule has 2 N–H and O–H groups in total. The van der Waals surface area contributed by atoms with Gasteiger partial charge in [0, 0.05) is 34.3 Å². The van der Waals surface area contributed by atoms with Gasteiger partial charge in [-0.3, -0.25) is 4.79 Å². The maximum atomic E-state index is 12.4. The fourth-order valence-electron chi connectivity index (χ4n) is 3.61. The molecule has 24 heavy (non-hydrogen) atoms. The van der Waals surface area contributed by atoms with Crippen LogP contribution in [-0.2, 0) is 0 Å². The van der Waals surface area contributed by atoms with Gasteiger partial charge < -0.3 is 10.6 Å². The molecule has 0 spiro atoms. The lowest BCUT2D eigenvalue weighted by Crippen LogP contribution is -2.42. The molecule has 2 aliphatic rings. The molecule has 3 atom stereocenters. The number of carbonyl (C=O) groups excluding carboxylic acids is 1. The van der Waals surface area contributed by atoms with Crippen LogP contribution < -0.4 is 10.6 Å². The van der Waals surface area contributed by atoms with Gasteiger partial charge in [0.05, 0.1) is 0 Å². The van der Waals surface area contributed by atoms with E-state index in [0.717, 1.165) is 27.6 Å². The first-order chi connectivity index (χ1) is 11.7. The van der Waals surface area contributed by atoms with Gasteiger partial charge in [-0.1, -0.05) is 17.8 Å². The largest absolute Gasteiger partial charge is 0.348 e. The number of nitrogens with one attached hydrogen (secondary N) is 2. The predicted octanol–water partition coefficient (Wildman–Crippen LogP) is 3.16. The Morgan fingerprint density at radius 1 is 1.21 bits per heavy atom. The van der Waals surface area contributed by atoms with E-state index in [9.17, 15) is 4.79 Å². The van der Waals surface area contributed by atoms with E-state index >= 15 is 0 Å². The lowest BCUT2D eigenvalue weighted by Gasteiger charge is -2.21. The van der Waals surface area contributed by atoms with Crippen molar-refractivity contribution >= 4 is 17.7 Å². The van der Waals surface area contributed by atoms with Gasteiger partial charge >= 0.3 is 0 Å². The van der Waals surface area contributed by atoms with Crippen LogP contribution in [0.3, 0.4) is 0 Å². The van der Waals surface area contributed by atoms with Crippen LogP contribution in [0.5, 0.6) is 0 Å². The third-order valence-corrected chi connectivity index (χ3v) is 5.76. The number of aryl methyl sites for hydroxylation is 1. The molecule has 5 heteroatoms. The summed E-state index contributed by atoms with van der Waals surface area (Å²) in [4.78, 5) is 18.0. The van der Waals surface area contributed by atoms with Crippen LogP contribution in [0.4, 0.5) is 0 Å². The van der Waals surface area contributed by atoms with Crippen LogP contribution >= 0.6 is 11.8 Å². The number of benzene rings is 1. The standard InChI is InChI=1S/C19H21N3OS/c1-12-3-2-4-18(20-12)24-15-8-5-13(6-9-15)19(23)22-17-11-14-7-10-16(17)21-14/h2-6,8-9,14,16-17,21H,7,10-11H2,1H3,(H,22,23)/t14-,16+,17-/m1/s1. The Labute approximate surface area is 146 Å². The van der Waals surface area contributed by atoms with Crippen molar-refractivity contribution in [3.8, 4) is 0 Å². The maximum absolute atomic E-state index is 12.4. The average Bonchev–Trinajstić information content (AvgIpc) is 3.18. The third-order valence-electron chi connectivity index (χ3n) is 4.82. The first-order valence-electron chi connectivity index (χ1n) is 8.46. The molecule has 3 heterocycles. The molecule has 2 bridgehead atoms. The molecule has 4 nitrogen and oxygen atoms in total. The summed E-state index contributed by atoms with van der Waals surface area (Å²) in [5.41, 5.74) is 1.73. The average molecular weight is 339 g/mol. The molecular formula is C19H21N3OS. The summed E-state index contributed by atoms with van der Waals surface area (Å²) in [7, 11) is 0. The Hall–Kier alpha value is -1.85. The van der Waals surface area contributed by atoms with E-state index in [4.69, 9.17) is 0 Å². The van der Waals surface area contributed by atoms with E-state index in [1.165, 1.54) is 12.8 Å². The van der Waals surface area contributed by atoms with Gasteiger partial charge in [-0.2, -0.15) is 0 Å². The Balaban J connectivity index is 1.39. The molecule has 1 amide bonds. The lowest BCUT2D eigenvalue weighted by molar-refractivity contribution is 0.0931. The number of rotatable bonds is 4. The van der Waals surface area contributed by atoms with Crippen LogP contribution in [0, 0.1) is 6.92 Å². The number of amides is 1. The fourth-order valence-corrected chi connectivity index (χ4v) is 4.46. The number of aromatic nitrogens is 1. The summed E-state index contributed by atoms with van der Waals surface area (Å²) in [6.45, 7) is 1.99. The Bertz CT molecular complexity index is 747. The number of pyridine rings is 1. The van der Waals surface area contributed by atoms with Gasteiger partial charge in [-0.05, 0) is 62.6 Å². The molecule has 0 unspecified atom stereocenters. The minimum Gasteiger partial charge on any atom is -0.348 e. The second-order valence-corrected chi connectivity index (χ2v) is 7.70. The van der Waals surface area contributed by atoms with Gasteiger partial charge in [-0.25, -0.2) is 4.98 Å². The van der Waals surface area contributed by atoms with Gasteiger partial charge in [0.1, 0.15) is 5.03 Å². The molecular weight excluding hydrogens is 318 g/mol. The van der Waals surface area contributed by atoms with Crippen LogP contribution in [-0.4, -0.2) is 29.0 Å². The van der Waals surface area contributed by atoms with Gasteiger partial charge in [0.15, 0.2) is 0 Å². The zero-order chi connectivity index (χ0) is 16.5. The van der Waals surface area contributed by atoms with E-state index in [1.54, 1.807) is 11.8 Å². The molecule has 1 aromatic heterocycles. The second kappa shape index (κ2) is 6.57. The maximum Gasteiger partial charge on any atom is 0.251 e. The molecule has 124 valence electrons. The number of carbonyl (C=O) groups is 1. The van der Waals surface area contributed by atoms with E-state index < -0.39 is 0 Å². The molecule has 4 rings (SSSR count). The Kier molecular flexibility index (Phi) is 4.29. The molecule has 2 fully saturated rings. The Morgan fingerprint density at radius 3 is 2.71 bits per heavy atom. The highest BCUT2D eigenvalue weighted by molar-refractivity contribution is 7.99. The molecule has 0 radical (unpaired) electrons. The summed E-state index contributed by atoms with van der Waals surface area (Å²) in [6.07, 6.45) is 3.48. The number of nitrogens with zero attached hydrogens (tertiary/aromatic N) is 1. The Morgan fingerprint density at radius 2 is 2.04 bits per heavy atom. The lowest BCUT2D eigenvalue weighted by atomic mass is 9.95. The van der Waals surface area contributed by atoms with Crippen molar-refractivity contribution in [3.05, 3.63) is 53.7 Å². The molecule has 2 aliphatic heterocycles. The van der Waals surface area contributed by atoms with Crippen LogP contribution in [0.1, 0.15) is 35.3 Å². The second-order valence-electron chi connectivity index (χ2n) is 6.61. The fraction of sp³-hybridized carbons (Fsp3) is 0.368. The van der Waals surface area contributed by atoms with E-state index in [2.05, 4.69) is 15.6 Å². The minimum atomic E-state index is 0.0274. The zero-order valence-electron chi connectivity index (χ0n) is 13.7. The smallest absolute Gasteiger partial charge is 0.251 e. The molecule has 2 saturated heterocycles. The van der Waals surface area contributed by atoms with Crippen molar-refractivity contribution in [1.82, 2.24) is 15.6 Å². The van der Waals surface area contributed by atoms with E-state index in [-0.39, 0.29) is 11.9 Å². The SMILES string of the molecule is Cc1cccc(Sc2ccc(C(=O)N[C@@H]3C[C@H]4CC[C@@H]3N4)cc2)n1. The minimum absolute atomic E-state index is 0.0274. The summed E-state index contributed by atoms with van der Waals surface area (Å²) >= 11 is 1.61. The molecule has 2 aromatic rings. The van der Waals surface area contributed by atoms with Crippen molar-refractivity contribution in [1.29, 1.82) is 0 Å². The molecule has 1 aromatic carbocycles. The topological polar surface area (TPSA) is 54.0 Å². The molecule has 0 saturated carbocycles. The quantitative estimate of drug-likeness (QED) is 0.898. The van der Waals surface area contributed by atoms with Crippen molar-refractivity contribution in [2.45, 2.75) is 54.2 Å². The van der Waals surface area contributed by atoms with Gasteiger partial charge in [0.25, 0.3) is 5.91 Å². The monoisotopic (exact) mass is 339 g/mol. The van der Waals surface area contributed by atoms with E-state index in [0.29, 0.717) is 12.1 Å². The van der Waals surface area contributed by atoms with Crippen molar-refractivity contribution < 1.29 is 4.79 Å². The highest BCUT2D eigenvalue weighted by Gasteiger charge is 2.39. The number of hydrogen-bond acceptors (Lipinski definition) is 4. The van der Waals surface area contributed by atoms with Crippen LogP contribution in [0.15, 0.2) is 52.4 Å². The summed E-state index contributed by atoms with van der Waals surface area (Å²) in [5.74, 6) is 0.0274. The van der Waals surface area contributed by atoms with Crippen LogP contribution in [0.2, 0.25) is 0 Å². The highest BCUT2D eigenvalue weighted by atomic mass is 32.2. The van der Waals surface area contributed by atoms with Gasteiger partial charge in [0.2, 0.25) is 0 Å². The highest BCUT2D eigenvalue weighted by Crippen LogP contribution is 2.29. The zero-order valence-corrected chi connectivity index (χ0v) is 14.5. The van der Waals surface area contributed by atoms with Gasteiger partial charge in [-0.15, -0.1) is 0 Å². The van der Waals surface area contributed by atoms with Crippen molar-refractivity contribution in [2.75, 3.05) is 0 Å². The summed E-state index contributed by atoms with van der Waals surface area (Å²) in [6, 6.07) is 15.1. The normalized spacial score (nSPS) is 25.0. The van der Waals surface area contributed by atoms with Crippen LogP contribution in [0.25, 0.3) is 0 Å². The third kappa shape index (κ3) is 3.32. The molecule has 0 aliphatic carbocycles. The summed E-state index contributed by atoms with van der Waals surface area (Å²) in [5, 5.41) is 7.71. The number of hydrogen-bond donors (Lipinski definition) is 2. The number of fused-ring (bicyclic) bond motifs is 2. The first-order valence-corrected chi connectivity index (χ1v) is 9.27. The predicted molar refractivity (Wildman–Crippen MR) is 95.4 cm³/mol.